The zero-order valence-corrected chi connectivity index (χ0v) is 14.0. The van der Waals surface area contributed by atoms with E-state index in [9.17, 15) is 4.79 Å². The standard InChI is InChI=1S/C18H20N6O/c1-12-7-8-13(16(19)25)10-23(12)17-15-9-22-24(18(15)21-11-20-17)14-5-3-2-4-6-14/h2-6,9,11-13H,7-8,10H2,1H3,(H2,19,25)/t12-,13+/m1/s1. The van der Waals surface area contributed by atoms with Gasteiger partial charge in [-0.15, -0.1) is 0 Å². The van der Waals surface area contributed by atoms with E-state index in [2.05, 4.69) is 26.9 Å². The van der Waals surface area contributed by atoms with Crippen LogP contribution < -0.4 is 10.6 Å². The van der Waals surface area contributed by atoms with Crippen molar-refractivity contribution in [1.82, 2.24) is 19.7 Å². The van der Waals surface area contributed by atoms with Crippen molar-refractivity contribution in [3.8, 4) is 5.69 Å². The molecule has 0 bridgehead atoms. The zero-order valence-electron chi connectivity index (χ0n) is 14.0. The number of rotatable bonds is 3. The molecule has 0 radical (unpaired) electrons. The molecule has 1 aliphatic heterocycles. The largest absolute Gasteiger partial charge is 0.369 e. The molecule has 2 aromatic heterocycles. The van der Waals surface area contributed by atoms with Gasteiger partial charge < -0.3 is 10.6 Å². The summed E-state index contributed by atoms with van der Waals surface area (Å²) in [5, 5.41) is 5.37. The summed E-state index contributed by atoms with van der Waals surface area (Å²) in [6.45, 7) is 2.73. The first-order chi connectivity index (χ1) is 12.1. The number of para-hydroxylation sites is 1. The Hall–Kier alpha value is -2.96. The predicted octanol–water partition coefficient (Wildman–Crippen LogP) is 1.91. The van der Waals surface area contributed by atoms with Gasteiger partial charge in [-0.3, -0.25) is 4.79 Å². The average molecular weight is 336 g/mol. The normalized spacial score (nSPS) is 20.8. The van der Waals surface area contributed by atoms with Crippen LogP contribution in [0.1, 0.15) is 19.8 Å². The SMILES string of the molecule is C[C@@H]1CC[C@H](C(N)=O)CN1c1ncnc2c1cnn2-c1ccccc1. The van der Waals surface area contributed by atoms with Crippen molar-refractivity contribution >= 4 is 22.8 Å². The van der Waals surface area contributed by atoms with Crippen molar-refractivity contribution in [2.45, 2.75) is 25.8 Å². The maximum Gasteiger partial charge on any atom is 0.222 e. The molecule has 3 aromatic rings. The molecule has 25 heavy (non-hydrogen) atoms. The first-order valence-electron chi connectivity index (χ1n) is 8.45. The molecule has 128 valence electrons. The lowest BCUT2D eigenvalue weighted by atomic mass is 9.93. The van der Waals surface area contributed by atoms with Gasteiger partial charge in [0.1, 0.15) is 12.1 Å². The van der Waals surface area contributed by atoms with Crippen molar-refractivity contribution in [1.29, 1.82) is 0 Å². The summed E-state index contributed by atoms with van der Waals surface area (Å²) in [5.74, 6) is 0.415. The van der Waals surface area contributed by atoms with Gasteiger partial charge in [-0.2, -0.15) is 5.10 Å². The highest BCUT2D eigenvalue weighted by atomic mass is 16.1. The second kappa shape index (κ2) is 6.16. The second-order valence-corrected chi connectivity index (χ2v) is 6.50. The summed E-state index contributed by atoms with van der Waals surface area (Å²) < 4.78 is 1.81. The summed E-state index contributed by atoms with van der Waals surface area (Å²) in [4.78, 5) is 22.7. The van der Waals surface area contributed by atoms with Crippen LogP contribution in [0.3, 0.4) is 0 Å². The van der Waals surface area contributed by atoms with Crippen LogP contribution in [0, 0.1) is 5.92 Å². The van der Waals surface area contributed by atoms with Crippen LogP contribution in [0.2, 0.25) is 0 Å². The van der Waals surface area contributed by atoms with Crippen LogP contribution in [0.5, 0.6) is 0 Å². The number of fused-ring (bicyclic) bond motifs is 1. The van der Waals surface area contributed by atoms with Crippen LogP contribution >= 0.6 is 0 Å². The van der Waals surface area contributed by atoms with E-state index >= 15 is 0 Å². The minimum Gasteiger partial charge on any atom is -0.369 e. The van der Waals surface area contributed by atoms with E-state index in [-0.39, 0.29) is 17.9 Å². The Balaban J connectivity index is 1.78. The van der Waals surface area contributed by atoms with Crippen molar-refractivity contribution in [2.75, 3.05) is 11.4 Å². The van der Waals surface area contributed by atoms with Crippen LogP contribution in [-0.2, 0) is 4.79 Å². The summed E-state index contributed by atoms with van der Waals surface area (Å²) in [5.41, 5.74) is 7.23. The van der Waals surface area contributed by atoms with Crippen LogP contribution in [0.25, 0.3) is 16.7 Å². The fourth-order valence-electron chi connectivity index (χ4n) is 3.45. The van der Waals surface area contributed by atoms with E-state index in [0.29, 0.717) is 6.54 Å². The van der Waals surface area contributed by atoms with Gasteiger partial charge in [-0.25, -0.2) is 14.6 Å². The van der Waals surface area contributed by atoms with E-state index in [1.165, 1.54) is 0 Å². The van der Waals surface area contributed by atoms with Crippen molar-refractivity contribution in [3.63, 3.8) is 0 Å². The number of piperidine rings is 1. The number of benzene rings is 1. The second-order valence-electron chi connectivity index (χ2n) is 6.50. The molecule has 0 spiro atoms. The quantitative estimate of drug-likeness (QED) is 0.789. The van der Waals surface area contributed by atoms with Crippen LogP contribution in [-0.4, -0.2) is 38.2 Å². The number of amides is 1. The maximum atomic E-state index is 11.6. The molecule has 1 aliphatic rings. The number of hydrogen-bond acceptors (Lipinski definition) is 5. The first kappa shape index (κ1) is 15.6. The number of aromatic nitrogens is 4. The van der Waals surface area contributed by atoms with Gasteiger partial charge in [0, 0.05) is 12.6 Å². The number of anilines is 1. The lowest BCUT2D eigenvalue weighted by Gasteiger charge is -2.37. The smallest absolute Gasteiger partial charge is 0.222 e. The molecule has 2 N–H and O–H groups in total. The molecule has 0 saturated carbocycles. The van der Waals surface area contributed by atoms with Gasteiger partial charge in [-0.1, -0.05) is 18.2 Å². The third kappa shape index (κ3) is 2.71. The third-order valence-electron chi connectivity index (χ3n) is 4.90. The predicted molar refractivity (Wildman–Crippen MR) is 95.4 cm³/mol. The van der Waals surface area contributed by atoms with E-state index in [0.717, 1.165) is 35.4 Å². The molecule has 3 heterocycles. The topological polar surface area (TPSA) is 89.9 Å². The highest BCUT2D eigenvalue weighted by molar-refractivity contribution is 5.88. The Kier molecular flexibility index (Phi) is 3.83. The molecule has 7 nitrogen and oxygen atoms in total. The van der Waals surface area contributed by atoms with Gasteiger partial charge >= 0.3 is 0 Å². The van der Waals surface area contributed by atoms with Crippen LogP contribution in [0.4, 0.5) is 5.82 Å². The molecule has 1 fully saturated rings. The Bertz CT molecular complexity index is 906. The first-order valence-corrected chi connectivity index (χ1v) is 8.45. The Morgan fingerprint density at radius 1 is 1.20 bits per heavy atom. The van der Waals surface area contributed by atoms with E-state index < -0.39 is 0 Å². The van der Waals surface area contributed by atoms with Gasteiger partial charge in [0.15, 0.2) is 5.65 Å². The Labute approximate surface area is 145 Å². The number of nitrogens with two attached hydrogens (primary N) is 1. The molecule has 2 atom stereocenters. The third-order valence-corrected chi connectivity index (χ3v) is 4.90. The maximum absolute atomic E-state index is 11.6. The van der Waals surface area contributed by atoms with Gasteiger partial charge in [0.05, 0.1) is 23.2 Å². The highest BCUT2D eigenvalue weighted by Gasteiger charge is 2.30. The number of nitrogens with zero attached hydrogens (tertiary/aromatic N) is 5. The number of carbonyl (C=O) groups excluding carboxylic acids is 1. The summed E-state index contributed by atoms with van der Waals surface area (Å²) in [6, 6.07) is 10.2. The van der Waals surface area contributed by atoms with E-state index in [4.69, 9.17) is 5.73 Å². The van der Waals surface area contributed by atoms with Crippen molar-refractivity contribution in [3.05, 3.63) is 42.9 Å². The average Bonchev–Trinajstić information content (AvgIpc) is 3.07. The molecule has 1 saturated heterocycles. The fraction of sp³-hybridized carbons (Fsp3) is 0.333. The lowest BCUT2D eigenvalue weighted by Crippen LogP contribution is -2.46. The van der Waals surface area contributed by atoms with Gasteiger partial charge in [-0.05, 0) is 31.9 Å². The monoisotopic (exact) mass is 336 g/mol. The molecule has 1 amide bonds. The fourth-order valence-corrected chi connectivity index (χ4v) is 3.45. The minimum absolute atomic E-state index is 0.148. The molecular formula is C18H20N6O. The van der Waals surface area contributed by atoms with Gasteiger partial charge in [0.25, 0.3) is 0 Å². The van der Waals surface area contributed by atoms with E-state index in [1.54, 1.807) is 17.2 Å². The lowest BCUT2D eigenvalue weighted by molar-refractivity contribution is -0.122. The molecular weight excluding hydrogens is 316 g/mol. The number of hydrogen-bond donors (Lipinski definition) is 1. The molecule has 7 heteroatoms. The molecule has 1 aromatic carbocycles. The summed E-state index contributed by atoms with van der Waals surface area (Å²) >= 11 is 0. The van der Waals surface area contributed by atoms with Gasteiger partial charge in [0.2, 0.25) is 5.91 Å². The minimum atomic E-state index is -0.248. The van der Waals surface area contributed by atoms with Crippen LogP contribution in [0.15, 0.2) is 42.9 Å². The Morgan fingerprint density at radius 3 is 2.76 bits per heavy atom. The Morgan fingerprint density at radius 2 is 2.00 bits per heavy atom. The molecule has 4 rings (SSSR count). The zero-order chi connectivity index (χ0) is 17.4. The van der Waals surface area contributed by atoms with Crippen molar-refractivity contribution in [2.24, 2.45) is 11.7 Å². The van der Waals surface area contributed by atoms with E-state index in [1.807, 2.05) is 30.3 Å². The molecule has 0 aliphatic carbocycles. The summed E-state index contributed by atoms with van der Waals surface area (Å²) in [7, 11) is 0. The molecule has 0 unspecified atom stereocenters. The highest BCUT2D eigenvalue weighted by Crippen LogP contribution is 2.31. The summed E-state index contributed by atoms with van der Waals surface area (Å²) in [6.07, 6.45) is 5.08. The van der Waals surface area contributed by atoms with Crippen molar-refractivity contribution < 1.29 is 4.79 Å². The number of carbonyl (C=O) groups is 1. The number of primary amides is 1.